The number of carbonyl (C=O) groups is 2. The Morgan fingerprint density at radius 2 is 1.35 bits per heavy atom. The minimum atomic E-state index is -3.88. The van der Waals surface area contributed by atoms with Crippen molar-refractivity contribution in [3.8, 4) is 0 Å². The molecule has 0 aromatic heterocycles. The van der Waals surface area contributed by atoms with Gasteiger partial charge in [0, 0.05) is 5.75 Å². The Morgan fingerprint density at radius 3 is 1.94 bits per heavy atom. The van der Waals surface area contributed by atoms with Gasteiger partial charge in [0.05, 0.1) is 21.1 Å². The zero-order chi connectivity index (χ0) is 22.0. The van der Waals surface area contributed by atoms with E-state index in [1.165, 1.54) is 36.0 Å². The maximum Gasteiger partial charge on any atom is 0.272 e. The summed E-state index contributed by atoms with van der Waals surface area (Å²) in [6.45, 7) is 0. The summed E-state index contributed by atoms with van der Waals surface area (Å²) in [5, 5.41) is 5.14. The molecular weight excluding hydrogens is 432 g/mol. The average molecular weight is 451 g/mol. The van der Waals surface area contributed by atoms with E-state index < -0.39 is 21.8 Å². The Kier molecular flexibility index (Phi) is 5.77. The number of primary sulfonamides is 1. The van der Waals surface area contributed by atoms with Crippen LogP contribution in [0.1, 0.15) is 11.1 Å². The van der Waals surface area contributed by atoms with Crippen LogP contribution in [0.15, 0.2) is 94.7 Å². The maximum absolute atomic E-state index is 13.3. The number of nitrogens with zero attached hydrogens (tertiary/aromatic N) is 1. The van der Waals surface area contributed by atoms with Crippen molar-refractivity contribution in [3.63, 3.8) is 0 Å². The number of hydrogen-bond acceptors (Lipinski definition) is 5. The van der Waals surface area contributed by atoms with Gasteiger partial charge in [0.1, 0.15) is 0 Å². The van der Waals surface area contributed by atoms with Gasteiger partial charge in [-0.25, -0.2) is 18.5 Å². The highest BCUT2D eigenvalue weighted by Crippen LogP contribution is 2.39. The van der Waals surface area contributed by atoms with E-state index in [-0.39, 0.29) is 10.6 Å². The van der Waals surface area contributed by atoms with Crippen LogP contribution in [-0.2, 0) is 25.4 Å². The second-order valence-electron chi connectivity index (χ2n) is 6.83. The molecule has 3 aromatic rings. The Labute approximate surface area is 184 Å². The van der Waals surface area contributed by atoms with Gasteiger partial charge in [-0.05, 0) is 35.4 Å². The molecule has 0 saturated heterocycles. The highest BCUT2D eigenvalue weighted by molar-refractivity contribution is 8.03. The fourth-order valence-electron chi connectivity index (χ4n) is 3.25. The highest BCUT2D eigenvalue weighted by atomic mass is 32.2. The van der Waals surface area contributed by atoms with Crippen molar-refractivity contribution in [1.82, 2.24) is 0 Å². The first-order chi connectivity index (χ1) is 14.9. The van der Waals surface area contributed by atoms with E-state index in [0.29, 0.717) is 21.8 Å². The van der Waals surface area contributed by atoms with E-state index in [1.54, 1.807) is 12.1 Å². The second kappa shape index (κ2) is 8.50. The van der Waals surface area contributed by atoms with Crippen molar-refractivity contribution in [2.24, 2.45) is 5.14 Å². The number of carbonyl (C=O) groups excluding carboxylic acids is 2. The van der Waals surface area contributed by atoms with Gasteiger partial charge in [0.15, 0.2) is 0 Å². The van der Waals surface area contributed by atoms with Gasteiger partial charge in [-0.3, -0.25) is 9.59 Å². The summed E-state index contributed by atoms with van der Waals surface area (Å²) < 4.78 is 23.0. The van der Waals surface area contributed by atoms with Crippen LogP contribution in [0.2, 0.25) is 0 Å². The fourth-order valence-corrected chi connectivity index (χ4v) is 4.84. The van der Waals surface area contributed by atoms with E-state index in [0.717, 1.165) is 10.5 Å². The number of rotatable bonds is 6. The summed E-state index contributed by atoms with van der Waals surface area (Å²) in [5.74, 6) is -0.354. The topological polar surface area (TPSA) is 97.5 Å². The number of benzene rings is 3. The number of amides is 2. The van der Waals surface area contributed by atoms with Crippen LogP contribution in [0.25, 0.3) is 5.57 Å². The molecule has 0 spiro atoms. The Bertz CT molecular complexity index is 1270. The van der Waals surface area contributed by atoms with E-state index in [4.69, 9.17) is 5.14 Å². The Morgan fingerprint density at radius 1 is 0.774 bits per heavy atom. The molecule has 0 radical (unpaired) electrons. The monoisotopic (exact) mass is 450 g/mol. The largest absolute Gasteiger partial charge is 0.272 e. The lowest BCUT2D eigenvalue weighted by Crippen LogP contribution is -2.31. The number of sulfonamides is 1. The van der Waals surface area contributed by atoms with Crippen molar-refractivity contribution in [1.29, 1.82) is 0 Å². The van der Waals surface area contributed by atoms with Crippen LogP contribution >= 0.6 is 11.8 Å². The van der Waals surface area contributed by atoms with Gasteiger partial charge in [0.25, 0.3) is 11.8 Å². The standard InChI is InChI=1S/C23H18N2O4S2/c24-31(28,29)19-13-11-18(12-14-19)25-22(26)20(17-9-5-2-6-10-17)21(23(25)27)30-15-16-7-3-1-4-8-16/h1-14H,15H2,(H2,24,28,29). The molecule has 0 fully saturated rings. The number of nitrogens with two attached hydrogens (primary N) is 1. The lowest BCUT2D eigenvalue weighted by molar-refractivity contribution is -0.119. The zero-order valence-electron chi connectivity index (χ0n) is 16.3. The highest BCUT2D eigenvalue weighted by Gasteiger charge is 2.40. The van der Waals surface area contributed by atoms with E-state index in [2.05, 4.69) is 0 Å². The van der Waals surface area contributed by atoms with Gasteiger partial charge < -0.3 is 0 Å². The summed E-state index contributed by atoms with van der Waals surface area (Å²) in [7, 11) is -3.88. The van der Waals surface area contributed by atoms with Gasteiger partial charge in [-0.2, -0.15) is 0 Å². The predicted molar refractivity (Wildman–Crippen MR) is 121 cm³/mol. The van der Waals surface area contributed by atoms with Crippen molar-refractivity contribution in [3.05, 3.63) is 101 Å². The molecule has 2 amide bonds. The molecule has 156 valence electrons. The number of anilines is 1. The van der Waals surface area contributed by atoms with Crippen LogP contribution in [-0.4, -0.2) is 20.2 Å². The quantitative estimate of drug-likeness (QED) is 0.579. The molecule has 3 aromatic carbocycles. The van der Waals surface area contributed by atoms with Crippen LogP contribution in [0.3, 0.4) is 0 Å². The van der Waals surface area contributed by atoms with Crippen LogP contribution in [0.4, 0.5) is 5.69 Å². The summed E-state index contributed by atoms with van der Waals surface area (Å²) >= 11 is 1.31. The first-order valence-corrected chi connectivity index (χ1v) is 11.9. The predicted octanol–water partition coefficient (Wildman–Crippen LogP) is 3.55. The third-order valence-corrected chi connectivity index (χ3v) is 6.83. The number of imide groups is 1. The molecule has 0 aliphatic carbocycles. The molecule has 6 nitrogen and oxygen atoms in total. The molecule has 1 heterocycles. The van der Waals surface area contributed by atoms with Gasteiger partial charge >= 0.3 is 0 Å². The zero-order valence-corrected chi connectivity index (χ0v) is 17.9. The molecule has 1 aliphatic heterocycles. The molecule has 0 atom stereocenters. The van der Waals surface area contributed by atoms with Crippen LogP contribution in [0.5, 0.6) is 0 Å². The molecule has 4 rings (SSSR count). The van der Waals surface area contributed by atoms with Crippen molar-refractivity contribution in [2.45, 2.75) is 10.6 Å². The van der Waals surface area contributed by atoms with E-state index >= 15 is 0 Å². The lowest BCUT2D eigenvalue weighted by atomic mass is 10.1. The van der Waals surface area contributed by atoms with Gasteiger partial charge in [-0.15, -0.1) is 11.8 Å². The molecule has 8 heteroatoms. The minimum Gasteiger partial charge on any atom is -0.268 e. The molecule has 2 N–H and O–H groups in total. The molecule has 0 saturated carbocycles. The SMILES string of the molecule is NS(=O)(=O)c1ccc(N2C(=O)C(SCc3ccccc3)=C(c3ccccc3)C2=O)cc1. The second-order valence-corrected chi connectivity index (χ2v) is 9.38. The van der Waals surface area contributed by atoms with E-state index in [9.17, 15) is 18.0 Å². The van der Waals surface area contributed by atoms with Crippen molar-refractivity contribution < 1.29 is 18.0 Å². The summed E-state index contributed by atoms with van der Waals surface area (Å²) in [6.07, 6.45) is 0. The van der Waals surface area contributed by atoms with Gasteiger partial charge in [0.2, 0.25) is 10.0 Å². The number of thioether (sulfide) groups is 1. The average Bonchev–Trinajstić information content (AvgIpc) is 3.02. The molecule has 0 unspecified atom stereocenters. The molecular formula is C23H18N2O4S2. The Hall–Kier alpha value is -3.20. The lowest BCUT2D eigenvalue weighted by Gasteiger charge is -2.15. The molecule has 0 bridgehead atoms. The van der Waals surface area contributed by atoms with Crippen molar-refractivity contribution in [2.75, 3.05) is 4.90 Å². The molecule has 1 aliphatic rings. The first-order valence-electron chi connectivity index (χ1n) is 9.34. The first kappa shape index (κ1) is 21.0. The smallest absolute Gasteiger partial charge is 0.268 e. The van der Waals surface area contributed by atoms with Crippen molar-refractivity contribution >= 4 is 44.9 Å². The summed E-state index contributed by atoms with van der Waals surface area (Å²) in [4.78, 5) is 27.9. The third kappa shape index (κ3) is 4.32. The Balaban J connectivity index is 1.71. The minimum absolute atomic E-state index is 0.0923. The summed E-state index contributed by atoms with van der Waals surface area (Å²) in [6, 6.07) is 24.1. The molecule has 31 heavy (non-hydrogen) atoms. The third-order valence-electron chi connectivity index (χ3n) is 4.75. The van der Waals surface area contributed by atoms with Crippen LogP contribution in [0, 0.1) is 0 Å². The van der Waals surface area contributed by atoms with Gasteiger partial charge in [-0.1, -0.05) is 60.7 Å². The number of hydrogen-bond donors (Lipinski definition) is 1. The maximum atomic E-state index is 13.3. The fraction of sp³-hybridized carbons (Fsp3) is 0.0435. The van der Waals surface area contributed by atoms with E-state index in [1.807, 2.05) is 48.5 Å². The summed E-state index contributed by atoms with van der Waals surface area (Å²) in [5.41, 5.74) is 2.30. The van der Waals surface area contributed by atoms with Crippen LogP contribution < -0.4 is 10.0 Å². The normalized spacial score (nSPS) is 14.4.